The Balaban J connectivity index is 0.00000289. The molecule has 0 amide bonds. The lowest BCUT2D eigenvalue weighted by atomic mass is 10.3. The maximum atomic E-state index is 11.9. The molecule has 3 N–H and O–H groups in total. The predicted octanol–water partition coefficient (Wildman–Crippen LogP) is 1.13. The van der Waals surface area contributed by atoms with E-state index in [1.807, 2.05) is 6.92 Å². The van der Waals surface area contributed by atoms with Gasteiger partial charge in [0.05, 0.1) is 11.5 Å². The second-order valence-corrected chi connectivity index (χ2v) is 5.38. The Morgan fingerprint density at radius 2 is 2.11 bits per heavy atom. The van der Waals surface area contributed by atoms with Gasteiger partial charge in [-0.25, -0.2) is 13.1 Å². The topological polar surface area (TPSA) is 81.4 Å². The average molecular weight is 295 g/mol. The molecule has 0 unspecified atom stereocenters. The highest BCUT2D eigenvalue weighted by atomic mass is 35.5. The zero-order valence-corrected chi connectivity index (χ0v) is 12.1. The molecule has 5 nitrogen and oxygen atoms in total. The number of hydrogen-bond donors (Lipinski definition) is 2. The van der Waals surface area contributed by atoms with E-state index in [0.29, 0.717) is 12.4 Å². The number of sulfonamides is 1. The number of hydrogen-bond acceptors (Lipinski definition) is 4. The summed E-state index contributed by atoms with van der Waals surface area (Å²) >= 11 is 0. The van der Waals surface area contributed by atoms with Crippen LogP contribution in [0.15, 0.2) is 29.2 Å². The van der Waals surface area contributed by atoms with Crippen molar-refractivity contribution in [3.05, 3.63) is 24.3 Å². The van der Waals surface area contributed by atoms with Crippen molar-refractivity contribution >= 4 is 22.4 Å². The molecule has 1 aromatic rings. The van der Waals surface area contributed by atoms with Crippen molar-refractivity contribution in [2.45, 2.75) is 24.8 Å². The normalized spacial score (nSPS) is 12.6. The van der Waals surface area contributed by atoms with Crippen LogP contribution in [-0.2, 0) is 10.0 Å². The molecule has 0 saturated heterocycles. The first-order valence-electron chi connectivity index (χ1n) is 5.45. The molecule has 0 fully saturated rings. The number of rotatable bonds is 6. The molecule has 1 atom stereocenters. The molecule has 0 aliphatic rings. The molecular weight excluding hydrogens is 276 g/mol. The van der Waals surface area contributed by atoms with Gasteiger partial charge in [-0.15, -0.1) is 12.4 Å². The predicted molar refractivity (Wildman–Crippen MR) is 73.7 cm³/mol. The van der Waals surface area contributed by atoms with Gasteiger partial charge >= 0.3 is 0 Å². The Labute approximate surface area is 114 Å². The van der Waals surface area contributed by atoms with Crippen molar-refractivity contribution in [3.8, 4) is 5.75 Å². The first-order chi connectivity index (χ1) is 7.99. The molecule has 0 aromatic heterocycles. The van der Waals surface area contributed by atoms with E-state index in [0.717, 1.165) is 0 Å². The summed E-state index contributed by atoms with van der Waals surface area (Å²) in [4.78, 5) is 0.184. The van der Waals surface area contributed by atoms with E-state index >= 15 is 0 Å². The van der Waals surface area contributed by atoms with Crippen molar-refractivity contribution in [3.63, 3.8) is 0 Å². The van der Waals surface area contributed by atoms with Crippen LogP contribution in [0.3, 0.4) is 0 Å². The van der Waals surface area contributed by atoms with Gasteiger partial charge in [0.1, 0.15) is 5.75 Å². The third-order valence-electron chi connectivity index (χ3n) is 2.14. The summed E-state index contributed by atoms with van der Waals surface area (Å²) in [6.45, 7) is 4.31. The highest BCUT2D eigenvalue weighted by molar-refractivity contribution is 7.89. The lowest BCUT2D eigenvalue weighted by Gasteiger charge is -2.12. The zero-order valence-electron chi connectivity index (χ0n) is 10.4. The van der Waals surface area contributed by atoms with Gasteiger partial charge in [-0.05, 0) is 26.0 Å². The molecule has 7 heteroatoms. The third-order valence-corrected chi connectivity index (χ3v) is 3.72. The van der Waals surface area contributed by atoms with E-state index in [4.69, 9.17) is 10.5 Å². The van der Waals surface area contributed by atoms with Gasteiger partial charge in [0.2, 0.25) is 10.0 Å². The van der Waals surface area contributed by atoms with Crippen molar-refractivity contribution < 1.29 is 13.2 Å². The zero-order chi connectivity index (χ0) is 12.9. The average Bonchev–Trinajstić information content (AvgIpc) is 2.29. The first-order valence-corrected chi connectivity index (χ1v) is 6.93. The second-order valence-electron chi connectivity index (χ2n) is 3.67. The molecule has 0 saturated carbocycles. The highest BCUT2D eigenvalue weighted by Gasteiger charge is 2.16. The summed E-state index contributed by atoms with van der Waals surface area (Å²) in [6.07, 6.45) is 0. The van der Waals surface area contributed by atoms with Crippen LogP contribution in [0, 0.1) is 0 Å². The molecule has 1 aromatic carbocycles. The molecule has 1 rings (SSSR count). The minimum Gasteiger partial charge on any atom is -0.494 e. The van der Waals surface area contributed by atoms with Gasteiger partial charge in [-0.1, -0.05) is 6.07 Å². The molecule has 0 heterocycles. The van der Waals surface area contributed by atoms with Crippen LogP contribution in [0.1, 0.15) is 13.8 Å². The molecular formula is C11H19ClN2O3S. The number of nitrogens with two attached hydrogens (primary N) is 1. The number of ether oxygens (including phenoxy) is 1. The summed E-state index contributed by atoms with van der Waals surface area (Å²) in [6, 6.07) is 6.08. The van der Waals surface area contributed by atoms with Crippen LogP contribution >= 0.6 is 12.4 Å². The quantitative estimate of drug-likeness (QED) is 0.824. The Morgan fingerprint density at radius 3 is 2.67 bits per heavy atom. The number of halogens is 1. The maximum Gasteiger partial charge on any atom is 0.240 e. The van der Waals surface area contributed by atoms with Crippen molar-refractivity contribution in [1.82, 2.24) is 4.72 Å². The lowest BCUT2D eigenvalue weighted by Crippen LogP contribution is -2.37. The molecule has 104 valence electrons. The van der Waals surface area contributed by atoms with Crippen molar-refractivity contribution in [2.75, 3.05) is 13.2 Å². The van der Waals surface area contributed by atoms with Crippen LogP contribution in [0.2, 0.25) is 0 Å². The van der Waals surface area contributed by atoms with Crippen molar-refractivity contribution in [1.29, 1.82) is 0 Å². The fourth-order valence-corrected chi connectivity index (χ4v) is 2.57. The standard InChI is InChI=1S/C11H18N2O3S.ClH/c1-3-16-10-5-4-6-11(7-10)17(14,15)13-9(2)8-12;/h4-7,9,13H,3,8,12H2,1-2H3;1H/t9-;/m1./s1. The summed E-state index contributed by atoms with van der Waals surface area (Å²) in [5, 5.41) is 0. The number of benzene rings is 1. The first kappa shape index (κ1) is 17.2. The molecule has 0 spiro atoms. The van der Waals surface area contributed by atoms with Crippen molar-refractivity contribution in [2.24, 2.45) is 5.73 Å². The van der Waals surface area contributed by atoms with E-state index in [2.05, 4.69) is 4.72 Å². The fraction of sp³-hybridized carbons (Fsp3) is 0.455. The summed E-state index contributed by atoms with van der Waals surface area (Å²) in [5.74, 6) is 0.538. The van der Waals surface area contributed by atoms with Crippen LogP contribution < -0.4 is 15.2 Å². The smallest absolute Gasteiger partial charge is 0.240 e. The second kappa shape index (κ2) is 7.58. The summed E-state index contributed by atoms with van der Waals surface area (Å²) < 4.78 is 31.6. The third kappa shape index (κ3) is 4.81. The highest BCUT2D eigenvalue weighted by Crippen LogP contribution is 2.17. The summed E-state index contributed by atoms with van der Waals surface area (Å²) in [7, 11) is -3.52. The Kier molecular flexibility index (Phi) is 7.23. The van der Waals surface area contributed by atoms with Crippen LogP contribution in [0.25, 0.3) is 0 Å². The van der Waals surface area contributed by atoms with Gasteiger partial charge in [-0.3, -0.25) is 0 Å². The fourth-order valence-electron chi connectivity index (χ4n) is 1.28. The van der Waals surface area contributed by atoms with E-state index in [1.165, 1.54) is 12.1 Å². The van der Waals surface area contributed by atoms with Gasteiger partial charge in [0.25, 0.3) is 0 Å². The van der Waals surface area contributed by atoms with E-state index in [-0.39, 0.29) is 29.9 Å². The maximum absolute atomic E-state index is 11.9. The molecule has 0 aliphatic carbocycles. The van der Waals surface area contributed by atoms with E-state index < -0.39 is 10.0 Å². The van der Waals surface area contributed by atoms with E-state index in [9.17, 15) is 8.42 Å². The molecule has 0 aliphatic heterocycles. The number of nitrogens with one attached hydrogen (secondary N) is 1. The molecule has 0 radical (unpaired) electrons. The largest absolute Gasteiger partial charge is 0.494 e. The van der Waals surface area contributed by atoms with Crippen LogP contribution in [0.5, 0.6) is 5.75 Å². The summed E-state index contributed by atoms with van der Waals surface area (Å²) in [5.41, 5.74) is 5.38. The van der Waals surface area contributed by atoms with Crippen LogP contribution in [-0.4, -0.2) is 27.6 Å². The Bertz CT molecular complexity index is 465. The molecule has 18 heavy (non-hydrogen) atoms. The van der Waals surface area contributed by atoms with Gasteiger partial charge in [0, 0.05) is 18.7 Å². The van der Waals surface area contributed by atoms with Gasteiger partial charge < -0.3 is 10.5 Å². The Hall–Kier alpha value is -0.820. The SMILES string of the molecule is CCOc1cccc(S(=O)(=O)N[C@H](C)CN)c1.Cl. The minimum absolute atomic E-state index is 0. The Morgan fingerprint density at radius 1 is 1.44 bits per heavy atom. The van der Waals surface area contributed by atoms with E-state index in [1.54, 1.807) is 19.1 Å². The van der Waals surface area contributed by atoms with Gasteiger partial charge in [0.15, 0.2) is 0 Å². The van der Waals surface area contributed by atoms with Crippen LogP contribution in [0.4, 0.5) is 0 Å². The molecule has 0 bridgehead atoms. The monoisotopic (exact) mass is 294 g/mol. The minimum atomic E-state index is -3.52. The lowest BCUT2D eigenvalue weighted by molar-refractivity contribution is 0.339. The van der Waals surface area contributed by atoms with Gasteiger partial charge in [-0.2, -0.15) is 0 Å².